The standard InChI is InChI=1S/C9H14O/c1-3-8-4-6-9(10-2)7-5-8/h4,6H,3,5,7H2,1-2H3. The van der Waals surface area contributed by atoms with Crippen molar-refractivity contribution < 1.29 is 4.74 Å². The molecule has 1 rings (SSSR count). The minimum Gasteiger partial charge on any atom is -0.501 e. The van der Waals surface area contributed by atoms with Crippen molar-refractivity contribution >= 4 is 0 Å². The Labute approximate surface area is 62.4 Å². The summed E-state index contributed by atoms with van der Waals surface area (Å²) in [6, 6.07) is 0. The van der Waals surface area contributed by atoms with E-state index in [-0.39, 0.29) is 0 Å². The topological polar surface area (TPSA) is 9.23 Å². The lowest BCUT2D eigenvalue weighted by molar-refractivity contribution is 0.275. The summed E-state index contributed by atoms with van der Waals surface area (Å²) in [5, 5.41) is 0. The highest BCUT2D eigenvalue weighted by atomic mass is 16.5. The van der Waals surface area contributed by atoms with Gasteiger partial charge in [-0.25, -0.2) is 0 Å². The summed E-state index contributed by atoms with van der Waals surface area (Å²) in [5.74, 6) is 1.11. The van der Waals surface area contributed by atoms with Crippen LogP contribution in [-0.4, -0.2) is 7.11 Å². The van der Waals surface area contributed by atoms with Gasteiger partial charge in [0.1, 0.15) is 0 Å². The Morgan fingerprint density at radius 1 is 1.40 bits per heavy atom. The number of rotatable bonds is 2. The van der Waals surface area contributed by atoms with E-state index in [4.69, 9.17) is 4.74 Å². The summed E-state index contributed by atoms with van der Waals surface area (Å²) in [6.07, 6.45) is 7.67. The molecule has 1 nitrogen and oxygen atoms in total. The summed E-state index contributed by atoms with van der Waals surface area (Å²) in [5.41, 5.74) is 1.53. The molecule has 0 saturated carbocycles. The molecule has 0 aromatic rings. The zero-order valence-corrected chi connectivity index (χ0v) is 6.68. The molecule has 0 aromatic carbocycles. The van der Waals surface area contributed by atoms with Crippen LogP contribution in [0.15, 0.2) is 23.5 Å². The van der Waals surface area contributed by atoms with Crippen molar-refractivity contribution in [2.45, 2.75) is 26.2 Å². The van der Waals surface area contributed by atoms with Crippen LogP contribution in [0.1, 0.15) is 26.2 Å². The lowest BCUT2D eigenvalue weighted by Crippen LogP contribution is -1.93. The molecular formula is C9H14O. The Balaban J connectivity index is 2.55. The fourth-order valence-corrected chi connectivity index (χ4v) is 1.13. The highest BCUT2D eigenvalue weighted by molar-refractivity contribution is 5.20. The van der Waals surface area contributed by atoms with Gasteiger partial charge >= 0.3 is 0 Å². The fraction of sp³-hybridized carbons (Fsp3) is 0.556. The van der Waals surface area contributed by atoms with E-state index in [0.29, 0.717) is 0 Å². The summed E-state index contributed by atoms with van der Waals surface area (Å²) >= 11 is 0. The molecule has 0 N–H and O–H groups in total. The van der Waals surface area contributed by atoms with E-state index < -0.39 is 0 Å². The third-order valence-corrected chi connectivity index (χ3v) is 1.91. The van der Waals surface area contributed by atoms with Crippen LogP contribution in [0.2, 0.25) is 0 Å². The SMILES string of the molecule is CCC1=CC=C(OC)CC1. The van der Waals surface area contributed by atoms with Crippen molar-refractivity contribution in [3.8, 4) is 0 Å². The first kappa shape index (κ1) is 7.39. The monoisotopic (exact) mass is 138 g/mol. The van der Waals surface area contributed by atoms with Crippen molar-refractivity contribution in [2.24, 2.45) is 0 Å². The average molecular weight is 138 g/mol. The lowest BCUT2D eigenvalue weighted by atomic mass is 10.0. The predicted octanol–water partition coefficient (Wildman–Crippen LogP) is 2.65. The Hall–Kier alpha value is -0.720. The molecule has 0 unspecified atom stereocenters. The summed E-state index contributed by atoms with van der Waals surface area (Å²) < 4.78 is 5.10. The summed E-state index contributed by atoms with van der Waals surface area (Å²) in [7, 11) is 1.73. The smallest absolute Gasteiger partial charge is 0.0958 e. The van der Waals surface area contributed by atoms with Gasteiger partial charge in [0.15, 0.2) is 0 Å². The minimum absolute atomic E-state index is 1.08. The molecule has 0 aliphatic heterocycles. The van der Waals surface area contributed by atoms with Gasteiger partial charge in [-0.3, -0.25) is 0 Å². The predicted molar refractivity (Wildman–Crippen MR) is 42.7 cm³/mol. The van der Waals surface area contributed by atoms with Crippen LogP contribution in [0.5, 0.6) is 0 Å². The number of hydrogen-bond donors (Lipinski definition) is 0. The Morgan fingerprint density at radius 2 is 2.20 bits per heavy atom. The molecule has 1 aliphatic carbocycles. The van der Waals surface area contributed by atoms with Crippen LogP contribution in [0.25, 0.3) is 0 Å². The second-order valence-corrected chi connectivity index (χ2v) is 2.52. The molecule has 0 aromatic heterocycles. The molecule has 0 radical (unpaired) electrons. The van der Waals surface area contributed by atoms with E-state index in [2.05, 4.69) is 19.1 Å². The first-order valence-electron chi connectivity index (χ1n) is 3.79. The minimum atomic E-state index is 1.08. The van der Waals surface area contributed by atoms with Gasteiger partial charge in [-0.1, -0.05) is 18.6 Å². The Kier molecular flexibility index (Phi) is 2.55. The second-order valence-electron chi connectivity index (χ2n) is 2.52. The number of ether oxygens (including phenoxy) is 1. The fourth-order valence-electron chi connectivity index (χ4n) is 1.13. The van der Waals surface area contributed by atoms with Gasteiger partial charge in [0.2, 0.25) is 0 Å². The maximum atomic E-state index is 5.10. The Bertz CT molecular complexity index is 146. The molecule has 0 heterocycles. The zero-order chi connectivity index (χ0) is 7.40. The maximum Gasteiger partial charge on any atom is 0.0958 e. The molecule has 56 valence electrons. The summed E-state index contributed by atoms with van der Waals surface area (Å²) in [4.78, 5) is 0. The molecule has 0 amide bonds. The largest absolute Gasteiger partial charge is 0.501 e. The molecule has 0 atom stereocenters. The van der Waals surface area contributed by atoms with Crippen LogP contribution in [-0.2, 0) is 4.74 Å². The van der Waals surface area contributed by atoms with Crippen molar-refractivity contribution in [3.63, 3.8) is 0 Å². The highest BCUT2D eigenvalue weighted by Crippen LogP contribution is 2.20. The van der Waals surface area contributed by atoms with Crippen molar-refractivity contribution in [1.29, 1.82) is 0 Å². The molecule has 1 heteroatoms. The van der Waals surface area contributed by atoms with Crippen LogP contribution in [0.4, 0.5) is 0 Å². The van der Waals surface area contributed by atoms with Gasteiger partial charge < -0.3 is 4.74 Å². The van der Waals surface area contributed by atoms with Crippen LogP contribution in [0, 0.1) is 0 Å². The molecule has 0 saturated heterocycles. The van der Waals surface area contributed by atoms with E-state index in [1.165, 1.54) is 18.4 Å². The first-order chi connectivity index (χ1) is 4.86. The average Bonchev–Trinajstić information content (AvgIpc) is 2.05. The van der Waals surface area contributed by atoms with Crippen molar-refractivity contribution in [1.82, 2.24) is 0 Å². The third-order valence-electron chi connectivity index (χ3n) is 1.91. The molecule has 10 heavy (non-hydrogen) atoms. The molecule has 0 spiro atoms. The van der Waals surface area contributed by atoms with Crippen LogP contribution >= 0.6 is 0 Å². The number of allylic oxidation sites excluding steroid dienone is 4. The molecular weight excluding hydrogens is 124 g/mol. The molecule has 0 fully saturated rings. The van der Waals surface area contributed by atoms with Crippen LogP contribution in [0.3, 0.4) is 0 Å². The summed E-state index contributed by atoms with van der Waals surface area (Å²) in [6.45, 7) is 2.19. The van der Waals surface area contributed by atoms with Gasteiger partial charge in [-0.05, 0) is 18.9 Å². The van der Waals surface area contributed by atoms with E-state index in [1.54, 1.807) is 7.11 Å². The maximum absolute atomic E-state index is 5.10. The molecule has 1 aliphatic rings. The normalized spacial score (nSPS) is 17.8. The van der Waals surface area contributed by atoms with Crippen LogP contribution < -0.4 is 0 Å². The van der Waals surface area contributed by atoms with Gasteiger partial charge in [0, 0.05) is 6.42 Å². The highest BCUT2D eigenvalue weighted by Gasteiger charge is 2.03. The zero-order valence-electron chi connectivity index (χ0n) is 6.68. The van der Waals surface area contributed by atoms with Gasteiger partial charge in [-0.15, -0.1) is 0 Å². The molecule has 0 bridgehead atoms. The van der Waals surface area contributed by atoms with Gasteiger partial charge in [0.25, 0.3) is 0 Å². The van der Waals surface area contributed by atoms with Gasteiger partial charge in [0.05, 0.1) is 12.9 Å². The van der Waals surface area contributed by atoms with E-state index >= 15 is 0 Å². The van der Waals surface area contributed by atoms with E-state index in [9.17, 15) is 0 Å². The third kappa shape index (κ3) is 1.63. The quantitative estimate of drug-likeness (QED) is 0.570. The van der Waals surface area contributed by atoms with E-state index in [0.717, 1.165) is 12.2 Å². The van der Waals surface area contributed by atoms with Gasteiger partial charge in [-0.2, -0.15) is 0 Å². The first-order valence-corrected chi connectivity index (χ1v) is 3.79. The Morgan fingerprint density at radius 3 is 2.60 bits per heavy atom. The van der Waals surface area contributed by atoms with E-state index in [1.807, 2.05) is 0 Å². The van der Waals surface area contributed by atoms with Crippen molar-refractivity contribution in [2.75, 3.05) is 7.11 Å². The number of methoxy groups -OCH3 is 1. The lowest BCUT2D eigenvalue weighted by Gasteiger charge is -2.11. The number of hydrogen-bond acceptors (Lipinski definition) is 1. The second kappa shape index (κ2) is 3.45. The van der Waals surface area contributed by atoms with Crippen molar-refractivity contribution in [3.05, 3.63) is 23.5 Å².